The van der Waals surface area contributed by atoms with E-state index in [9.17, 15) is 5.11 Å². The molecular formula is C15H21BrNO. The van der Waals surface area contributed by atoms with Gasteiger partial charge in [0.1, 0.15) is 0 Å². The lowest BCUT2D eigenvalue weighted by Gasteiger charge is -2.32. The molecule has 1 saturated carbocycles. The predicted octanol–water partition coefficient (Wildman–Crippen LogP) is 4.77. The van der Waals surface area contributed by atoms with Gasteiger partial charge in [0.15, 0.2) is 5.75 Å². The number of aromatic hydroxyl groups is 1. The fourth-order valence-corrected chi connectivity index (χ4v) is 3.58. The van der Waals surface area contributed by atoms with E-state index >= 15 is 0 Å². The SMILES string of the molecule is CCC[C]1CCCCC1c1ccc(N)c(O)c1Br. The lowest BCUT2D eigenvalue weighted by atomic mass is 9.73. The summed E-state index contributed by atoms with van der Waals surface area (Å²) >= 11 is 3.50. The molecule has 1 aromatic rings. The highest BCUT2D eigenvalue weighted by Crippen LogP contribution is 2.46. The standard InChI is InChI=1S/C15H21BrNO/c1-2-5-10-6-3-4-7-11(10)12-8-9-13(17)15(18)14(12)16/h8-9,11,18H,2-7,17H2,1H3. The molecule has 1 aromatic carbocycles. The minimum Gasteiger partial charge on any atom is -0.505 e. The van der Waals surface area contributed by atoms with Crippen molar-refractivity contribution in [2.24, 2.45) is 0 Å². The first-order valence-corrected chi connectivity index (χ1v) is 7.55. The van der Waals surface area contributed by atoms with Crippen LogP contribution < -0.4 is 5.73 Å². The van der Waals surface area contributed by atoms with E-state index in [4.69, 9.17) is 5.73 Å². The summed E-state index contributed by atoms with van der Waals surface area (Å²) in [4.78, 5) is 0. The van der Waals surface area contributed by atoms with Crippen LogP contribution in [0.5, 0.6) is 5.75 Å². The van der Waals surface area contributed by atoms with Gasteiger partial charge in [-0.1, -0.05) is 32.3 Å². The molecular weight excluding hydrogens is 290 g/mol. The molecule has 0 aromatic heterocycles. The zero-order chi connectivity index (χ0) is 13.1. The van der Waals surface area contributed by atoms with Gasteiger partial charge in [0.2, 0.25) is 0 Å². The average Bonchev–Trinajstić information content (AvgIpc) is 2.38. The molecule has 0 aliphatic heterocycles. The fraction of sp³-hybridized carbons (Fsp3) is 0.533. The van der Waals surface area contributed by atoms with Crippen molar-refractivity contribution in [2.45, 2.75) is 51.4 Å². The summed E-state index contributed by atoms with van der Waals surface area (Å²) in [5, 5.41) is 9.95. The molecule has 2 nitrogen and oxygen atoms in total. The van der Waals surface area contributed by atoms with E-state index in [1.54, 1.807) is 5.92 Å². The smallest absolute Gasteiger partial charge is 0.152 e. The molecule has 1 atom stereocenters. The number of anilines is 1. The van der Waals surface area contributed by atoms with Crippen molar-refractivity contribution >= 4 is 21.6 Å². The van der Waals surface area contributed by atoms with Crippen LogP contribution in [0.4, 0.5) is 5.69 Å². The molecule has 2 rings (SSSR count). The Morgan fingerprint density at radius 2 is 2.17 bits per heavy atom. The number of benzene rings is 1. The Labute approximate surface area is 118 Å². The van der Waals surface area contributed by atoms with E-state index in [-0.39, 0.29) is 5.75 Å². The predicted molar refractivity (Wildman–Crippen MR) is 79.6 cm³/mol. The number of halogens is 1. The van der Waals surface area contributed by atoms with Gasteiger partial charge in [0, 0.05) is 0 Å². The third kappa shape index (κ3) is 2.66. The summed E-state index contributed by atoms with van der Waals surface area (Å²) in [7, 11) is 0. The number of phenols is 1. The van der Waals surface area contributed by atoms with Gasteiger partial charge in [-0.15, -0.1) is 0 Å². The molecule has 99 valence electrons. The molecule has 1 fully saturated rings. The summed E-state index contributed by atoms with van der Waals surface area (Å²) in [6, 6.07) is 3.87. The Hall–Kier alpha value is -0.700. The van der Waals surface area contributed by atoms with Crippen molar-refractivity contribution in [3.05, 3.63) is 28.1 Å². The molecule has 1 radical (unpaired) electrons. The first kappa shape index (κ1) is 13.7. The van der Waals surface area contributed by atoms with Crippen LogP contribution in [0, 0.1) is 5.92 Å². The van der Waals surface area contributed by atoms with E-state index in [1.165, 1.54) is 44.1 Å². The van der Waals surface area contributed by atoms with Crippen molar-refractivity contribution in [2.75, 3.05) is 5.73 Å². The minimum atomic E-state index is 0.189. The van der Waals surface area contributed by atoms with E-state index in [2.05, 4.69) is 28.9 Å². The molecule has 0 amide bonds. The van der Waals surface area contributed by atoms with Gasteiger partial charge in [-0.3, -0.25) is 0 Å². The summed E-state index contributed by atoms with van der Waals surface area (Å²) < 4.78 is 0.781. The Morgan fingerprint density at radius 3 is 2.89 bits per heavy atom. The maximum Gasteiger partial charge on any atom is 0.152 e. The summed E-state index contributed by atoms with van der Waals surface area (Å²) in [6.07, 6.45) is 7.40. The Bertz CT molecular complexity index is 417. The van der Waals surface area contributed by atoms with E-state index in [1.807, 2.05) is 6.07 Å². The van der Waals surface area contributed by atoms with Crippen LogP contribution in [-0.4, -0.2) is 5.11 Å². The number of phenolic OH excluding ortho intramolecular Hbond substituents is 1. The van der Waals surface area contributed by atoms with Crippen molar-refractivity contribution < 1.29 is 5.11 Å². The lowest BCUT2D eigenvalue weighted by molar-refractivity contribution is 0.442. The lowest BCUT2D eigenvalue weighted by Crippen LogP contribution is -2.16. The van der Waals surface area contributed by atoms with Gasteiger partial charge in [-0.2, -0.15) is 0 Å². The number of hydrogen-bond acceptors (Lipinski definition) is 2. The zero-order valence-electron chi connectivity index (χ0n) is 10.9. The molecule has 1 aliphatic carbocycles. The van der Waals surface area contributed by atoms with Crippen LogP contribution >= 0.6 is 15.9 Å². The quantitative estimate of drug-likeness (QED) is 0.624. The highest BCUT2D eigenvalue weighted by atomic mass is 79.9. The van der Waals surface area contributed by atoms with Gasteiger partial charge in [-0.25, -0.2) is 0 Å². The van der Waals surface area contributed by atoms with Crippen LogP contribution in [0.2, 0.25) is 0 Å². The molecule has 0 saturated heterocycles. The van der Waals surface area contributed by atoms with Gasteiger partial charge < -0.3 is 10.8 Å². The van der Waals surface area contributed by atoms with E-state index < -0.39 is 0 Å². The second-order valence-electron chi connectivity index (χ2n) is 5.11. The number of nitrogen functional groups attached to an aromatic ring is 1. The Morgan fingerprint density at radius 1 is 1.39 bits per heavy atom. The molecule has 1 unspecified atom stereocenters. The number of rotatable bonds is 3. The molecule has 0 bridgehead atoms. The first-order valence-electron chi connectivity index (χ1n) is 6.76. The Kier molecular flexibility index (Phi) is 4.55. The van der Waals surface area contributed by atoms with Crippen LogP contribution in [0.3, 0.4) is 0 Å². The third-order valence-electron chi connectivity index (χ3n) is 3.86. The van der Waals surface area contributed by atoms with Crippen molar-refractivity contribution in [3.63, 3.8) is 0 Å². The van der Waals surface area contributed by atoms with Gasteiger partial charge in [0.05, 0.1) is 10.2 Å². The average molecular weight is 311 g/mol. The molecule has 18 heavy (non-hydrogen) atoms. The van der Waals surface area contributed by atoms with Crippen LogP contribution in [0.1, 0.15) is 56.9 Å². The minimum absolute atomic E-state index is 0.189. The van der Waals surface area contributed by atoms with E-state index in [0.717, 1.165) is 4.47 Å². The van der Waals surface area contributed by atoms with Crippen LogP contribution in [0.25, 0.3) is 0 Å². The topological polar surface area (TPSA) is 46.2 Å². The van der Waals surface area contributed by atoms with Crippen LogP contribution in [0.15, 0.2) is 16.6 Å². The normalized spacial score (nSPS) is 21.1. The van der Waals surface area contributed by atoms with Crippen molar-refractivity contribution in [1.29, 1.82) is 0 Å². The maximum absolute atomic E-state index is 9.95. The van der Waals surface area contributed by atoms with Crippen molar-refractivity contribution in [1.82, 2.24) is 0 Å². The van der Waals surface area contributed by atoms with Crippen LogP contribution in [-0.2, 0) is 0 Å². The fourth-order valence-electron chi connectivity index (χ4n) is 2.94. The van der Waals surface area contributed by atoms with Gasteiger partial charge in [-0.05, 0) is 58.7 Å². The van der Waals surface area contributed by atoms with Crippen molar-refractivity contribution in [3.8, 4) is 5.75 Å². The highest BCUT2D eigenvalue weighted by molar-refractivity contribution is 9.10. The maximum atomic E-state index is 9.95. The summed E-state index contributed by atoms with van der Waals surface area (Å²) in [6.45, 7) is 2.23. The Balaban J connectivity index is 2.31. The highest BCUT2D eigenvalue weighted by Gasteiger charge is 2.28. The molecule has 1 aliphatic rings. The largest absolute Gasteiger partial charge is 0.505 e. The molecule has 0 heterocycles. The van der Waals surface area contributed by atoms with Gasteiger partial charge in [0.25, 0.3) is 0 Å². The summed E-state index contributed by atoms with van der Waals surface area (Å²) in [5.41, 5.74) is 7.37. The monoisotopic (exact) mass is 310 g/mol. The third-order valence-corrected chi connectivity index (χ3v) is 4.69. The number of hydrogen-bond donors (Lipinski definition) is 2. The molecule has 3 N–H and O–H groups in total. The van der Waals surface area contributed by atoms with Gasteiger partial charge >= 0.3 is 0 Å². The van der Waals surface area contributed by atoms with E-state index in [0.29, 0.717) is 11.6 Å². The summed E-state index contributed by atoms with van der Waals surface area (Å²) in [5.74, 6) is 2.31. The molecule has 0 spiro atoms. The number of nitrogens with two attached hydrogens (primary N) is 1. The second-order valence-corrected chi connectivity index (χ2v) is 5.91. The first-order chi connectivity index (χ1) is 8.65. The molecule has 3 heteroatoms. The zero-order valence-corrected chi connectivity index (χ0v) is 12.5. The second kappa shape index (κ2) is 5.96.